The van der Waals surface area contributed by atoms with Crippen molar-refractivity contribution in [3.63, 3.8) is 0 Å². The van der Waals surface area contributed by atoms with E-state index < -0.39 is 0 Å². The maximum atomic E-state index is 2.47. The molecule has 2 heterocycles. The predicted molar refractivity (Wildman–Crippen MR) is 245 cm³/mol. The Morgan fingerprint density at radius 2 is 0.912 bits per heavy atom. The molecule has 0 radical (unpaired) electrons. The molecule has 0 aliphatic heterocycles. The maximum Gasteiger partial charge on any atom is 0.0562 e. The van der Waals surface area contributed by atoms with Crippen molar-refractivity contribution in [1.29, 1.82) is 0 Å². The van der Waals surface area contributed by atoms with Gasteiger partial charge in [-0.1, -0.05) is 152 Å². The molecule has 0 aliphatic carbocycles. The number of para-hydroxylation sites is 3. The van der Waals surface area contributed by atoms with Crippen molar-refractivity contribution in [2.24, 2.45) is 0 Å². The van der Waals surface area contributed by atoms with E-state index >= 15 is 0 Å². The average molecular weight is 745 g/mol. The van der Waals surface area contributed by atoms with Gasteiger partial charge in [-0.05, 0) is 94.5 Å². The fraction of sp³-hybridized carbons (Fsp3) is 0. The summed E-state index contributed by atoms with van der Waals surface area (Å²) in [6.07, 6.45) is 0. The molecule has 0 N–H and O–H groups in total. The van der Waals surface area contributed by atoms with Crippen molar-refractivity contribution in [3.8, 4) is 39.1 Å². The molecule has 0 saturated heterocycles. The van der Waals surface area contributed by atoms with Gasteiger partial charge < -0.3 is 9.47 Å². The van der Waals surface area contributed by atoms with E-state index in [4.69, 9.17) is 0 Å². The minimum Gasteiger partial charge on any atom is -0.309 e. The minimum atomic E-state index is 1.09. The van der Waals surface area contributed by atoms with Gasteiger partial charge in [0, 0.05) is 47.9 Å². The lowest BCUT2D eigenvalue weighted by Crippen LogP contribution is -2.11. The first-order chi connectivity index (χ1) is 28.3. The second kappa shape index (κ2) is 13.8. The lowest BCUT2D eigenvalue weighted by Gasteiger charge is -2.29. The zero-order chi connectivity index (χ0) is 37.7. The largest absolute Gasteiger partial charge is 0.309 e. The summed E-state index contributed by atoms with van der Waals surface area (Å²) < 4.78 is 5.02. The second-order valence-electron chi connectivity index (χ2n) is 14.5. The number of hydrogen-bond acceptors (Lipinski definition) is 2. The molecule has 57 heavy (non-hydrogen) atoms. The van der Waals surface area contributed by atoms with Crippen LogP contribution in [0.2, 0.25) is 0 Å². The van der Waals surface area contributed by atoms with Crippen LogP contribution < -0.4 is 4.90 Å². The number of rotatable bonds is 7. The second-order valence-corrected chi connectivity index (χ2v) is 15.6. The number of hydrogen-bond donors (Lipinski definition) is 0. The summed E-state index contributed by atoms with van der Waals surface area (Å²) in [7, 11) is 0. The molecule has 11 rings (SSSR count). The Balaban J connectivity index is 1.15. The quantitative estimate of drug-likeness (QED) is 0.158. The molecule has 2 aromatic heterocycles. The van der Waals surface area contributed by atoms with Crippen molar-refractivity contribution in [3.05, 3.63) is 218 Å². The monoisotopic (exact) mass is 744 g/mol. The van der Waals surface area contributed by atoms with Crippen LogP contribution in [0.1, 0.15) is 0 Å². The molecule has 0 spiro atoms. The zero-order valence-electron chi connectivity index (χ0n) is 31.1. The molecule has 0 aliphatic rings. The van der Waals surface area contributed by atoms with Crippen LogP contribution in [0.15, 0.2) is 218 Å². The highest BCUT2D eigenvalue weighted by molar-refractivity contribution is 7.25. The van der Waals surface area contributed by atoms with Gasteiger partial charge in [0.2, 0.25) is 0 Å². The van der Waals surface area contributed by atoms with Gasteiger partial charge in [-0.15, -0.1) is 11.3 Å². The maximum absolute atomic E-state index is 2.47. The van der Waals surface area contributed by atoms with Gasteiger partial charge in [0.05, 0.1) is 22.4 Å². The van der Waals surface area contributed by atoms with E-state index in [0.29, 0.717) is 0 Å². The van der Waals surface area contributed by atoms with Gasteiger partial charge in [0.15, 0.2) is 0 Å². The standard InChI is InChI=1S/C54H36N2S/c1-3-16-37(17-4-1)42-20-7-8-21-43(42)38-30-33-41(34-31-38)56(48-25-12-9-22-44(48)39-32-35-53-47(36-39)45-23-11-14-29-52(45)57-53)51-28-15-27-50-54(51)46-24-10-13-26-49(46)55(50)40-18-5-2-6-19-40/h1-36H. The van der Waals surface area contributed by atoms with E-state index in [0.717, 1.165) is 22.7 Å². The van der Waals surface area contributed by atoms with Crippen LogP contribution in [-0.4, -0.2) is 4.57 Å². The number of fused-ring (bicyclic) bond motifs is 6. The van der Waals surface area contributed by atoms with Crippen LogP contribution in [0.3, 0.4) is 0 Å². The number of nitrogens with zero attached hydrogens (tertiary/aromatic N) is 2. The normalized spacial score (nSPS) is 11.5. The predicted octanol–water partition coefficient (Wildman–Crippen LogP) is 15.6. The van der Waals surface area contributed by atoms with E-state index in [9.17, 15) is 0 Å². The van der Waals surface area contributed by atoms with Gasteiger partial charge in [0.25, 0.3) is 0 Å². The van der Waals surface area contributed by atoms with Gasteiger partial charge >= 0.3 is 0 Å². The molecule has 0 saturated carbocycles. The first-order valence-corrected chi connectivity index (χ1v) is 20.3. The molecule has 11 aromatic rings. The molecule has 0 fully saturated rings. The topological polar surface area (TPSA) is 8.17 Å². The van der Waals surface area contributed by atoms with Gasteiger partial charge in [0.1, 0.15) is 0 Å². The number of benzene rings is 9. The Bertz CT molecular complexity index is 3230. The number of thiophene rings is 1. The zero-order valence-corrected chi connectivity index (χ0v) is 31.9. The first-order valence-electron chi connectivity index (χ1n) is 19.4. The van der Waals surface area contributed by atoms with Crippen molar-refractivity contribution >= 4 is 70.4 Å². The molecular formula is C54H36N2S. The molecular weight excluding hydrogens is 709 g/mol. The third kappa shape index (κ3) is 5.63. The highest BCUT2D eigenvalue weighted by Gasteiger charge is 2.23. The third-order valence-corrected chi connectivity index (χ3v) is 12.4. The first kappa shape index (κ1) is 33.2. The summed E-state index contributed by atoms with van der Waals surface area (Å²) in [4.78, 5) is 2.47. The third-order valence-electron chi connectivity index (χ3n) is 11.2. The highest BCUT2D eigenvalue weighted by atomic mass is 32.1. The summed E-state index contributed by atoms with van der Waals surface area (Å²) >= 11 is 1.86. The molecule has 9 aromatic carbocycles. The van der Waals surface area contributed by atoms with E-state index in [1.54, 1.807) is 0 Å². The van der Waals surface area contributed by atoms with Gasteiger partial charge in [-0.25, -0.2) is 0 Å². The Hall–Kier alpha value is -7.20. The Morgan fingerprint density at radius 1 is 0.351 bits per heavy atom. The van der Waals surface area contributed by atoms with Crippen molar-refractivity contribution in [2.75, 3.05) is 4.90 Å². The lowest BCUT2D eigenvalue weighted by molar-refractivity contribution is 1.18. The fourth-order valence-electron chi connectivity index (χ4n) is 8.65. The van der Waals surface area contributed by atoms with Crippen LogP contribution in [-0.2, 0) is 0 Å². The number of anilines is 3. The molecule has 268 valence electrons. The molecule has 0 unspecified atom stereocenters. The SMILES string of the molecule is c1ccc(-c2ccccc2-c2ccc(N(c3ccccc3-c3ccc4sc5ccccc5c4c3)c3cccc4c3c3ccccc3n4-c3ccccc3)cc2)cc1. The van der Waals surface area contributed by atoms with E-state index in [-0.39, 0.29) is 0 Å². The highest BCUT2D eigenvalue weighted by Crippen LogP contribution is 2.48. The van der Waals surface area contributed by atoms with Crippen molar-refractivity contribution in [1.82, 2.24) is 4.57 Å². The van der Waals surface area contributed by atoms with Crippen LogP contribution in [0, 0.1) is 0 Å². The smallest absolute Gasteiger partial charge is 0.0562 e. The van der Waals surface area contributed by atoms with E-state index in [1.807, 2.05) is 11.3 Å². The summed E-state index contributed by atoms with van der Waals surface area (Å²) in [6.45, 7) is 0. The van der Waals surface area contributed by atoms with Crippen molar-refractivity contribution in [2.45, 2.75) is 0 Å². The molecule has 0 amide bonds. The molecule has 0 bridgehead atoms. The Labute approximate surface area is 335 Å². The molecule has 3 heteroatoms. The van der Waals surface area contributed by atoms with Crippen LogP contribution >= 0.6 is 11.3 Å². The van der Waals surface area contributed by atoms with E-state index in [1.165, 1.54) is 75.4 Å². The van der Waals surface area contributed by atoms with Gasteiger partial charge in [-0.3, -0.25) is 0 Å². The van der Waals surface area contributed by atoms with Crippen LogP contribution in [0.5, 0.6) is 0 Å². The molecule has 0 atom stereocenters. The summed E-state index contributed by atoms with van der Waals surface area (Å²) in [5, 5.41) is 5.03. The lowest BCUT2D eigenvalue weighted by atomic mass is 9.94. The molecule has 2 nitrogen and oxygen atoms in total. The van der Waals surface area contributed by atoms with Crippen LogP contribution in [0.25, 0.3) is 81.0 Å². The number of aromatic nitrogens is 1. The average Bonchev–Trinajstić information content (AvgIpc) is 3.83. The summed E-state index contributed by atoms with van der Waals surface area (Å²) in [5.74, 6) is 0. The van der Waals surface area contributed by atoms with Gasteiger partial charge in [-0.2, -0.15) is 0 Å². The summed E-state index contributed by atoms with van der Waals surface area (Å²) in [5.41, 5.74) is 14.0. The Kier molecular flexibility index (Phi) is 8.04. The van der Waals surface area contributed by atoms with Crippen LogP contribution in [0.4, 0.5) is 17.1 Å². The Morgan fingerprint density at radius 3 is 1.70 bits per heavy atom. The minimum absolute atomic E-state index is 1.09. The van der Waals surface area contributed by atoms with E-state index in [2.05, 4.69) is 228 Å². The van der Waals surface area contributed by atoms with Crippen molar-refractivity contribution < 1.29 is 0 Å². The summed E-state index contributed by atoms with van der Waals surface area (Å²) in [6, 6.07) is 79.4. The fourth-order valence-corrected chi connectivity index (χ4v) is 9.74.